The molecule has 0 aliphatic heterocycles. The Labute approximate surface area is 178 Å². The molecule has 0 radical (unpaired) electrons. The Balaban J connectivity index is -0.00000161. The molecule has 0 aromatic heterocycles. The van der Waals surface area contributed by atoms with Crippen LogP contribution in [-0.2, 0) is 14.9 Å². The molecule has 23 heavy (non-hydrogen) atoms. The van der Waals surface area contributed by atoms with Crippen molar-refractivity contribution < 1.29 is 35.3 Å². The molecule has 1 aromatic rings. The number of ether oxygens (including phenoxy) is 1. The largest absolute Gasteiger partial charge is 2.00 e. The maximum Gasteiger partial charge on any atom is 2.00 e. The van der Waals surface area contributed by atoms with E-state index in [2.05, 4.69) is 0 Å². The van der Waals surface area contributed by atoms with Crippen molar-refractivity contribution >= 4 is 70.9 Å². The molecule has 0 spiro atoms. The Bertz CT molecular complexity index is 714. The summed E-state index contributed by atoms with van der Waals surface area (Å²) < 4.78 is 36.6. The molecule has 1 rings (SSSR count). The minimum atomic E-state index is -4.64. The zero-order valence-electron chi connectivity index (χ0n) is 15.4. The van der Waals surface area contributed by atoms with Crippen molar-refractivity contribution in [1.82, 2.24) is 0 Å². The van der Waals surface area contributed by atoms with Crippen molar-refractivity contribution in [2.75, 3.05) is 0 Å². The Morgan fingerprint density at radius 3 is 2.04 bits per heavy atom. The number of carbonyl (C=O) groups is 2. The fraction of sp³-hybridized carbons (Fsp3) is 0.429. The summed E-state index contributed by atoms with van der Waals surface area (Å²) in [5.41, 5.74) is -1.04. The Morgan fingerprint density at radius 2 is 1.65 bits per heavy atom. The van der Waals surface area contributed by atoms with Gasteiger partial charge in [0, 0.05) is 0 Å². The average molecular weight is 470 g/mol. The summed E-state index contributed by atoms with van der Waals surface area (Å²) in [4.78, 5) is 22.4. The Hall–Kier alpha value is -0.359. The second kappa shape index (κ2) is 8.15. The van der Waals surface area contributed by atoms with E-state index in [-0.39, 0.29) is 62.7 Å². The molecular weight excluding hydrogens is 450 g/mol. The minimum Gasteiger partial charge on any atom is -1.00 e. The van der Waals surface area contributed by atoms with Crippen LogP contribution in [0.1, 0.15) is 51.3 Å². The molecule has 1 aromatic carbocycles. The van der Waals surface area contributed by atoms with Gasteiger partial charge in [0.15, 0.2) is 0 Å². The smallest absolute Gasteiger partial charge is 1.00 e. The number of benzene rings is 1. The van der Waals surface area contributed by atoms with E-state index in [4.69, 9.17) is 14.4 Å². The topological polar surface area (TPSA) is 118 Å². The van der Waals surface area contributed by atoms with Gasteiger partial charge >= 0.3 is 60.8 Å². The second-order valence-corrected chi connectivity index (χ2v) is 7.36. The first-order valence-corrected chi connectivity index (χ1v) is 7.83. The number of hydrogen-bond donors (Lipinski definition) is 2. The van der Waals surface area contributed by atoms with E-state index >= 15 is 0 Å². The molecule has 0 bridgehead atoms. The number of rotatable bonds is 4. The molecule has 0 saturated carbocycles. The minimum absolute atomic E-state index is 0. The van der Waals surface area contributed by atoms with Gasteiger partial charge in [0.25, 0.3) is 10.1 Å². The van der Waals surface area contributed by atoms with Gasteiger partial charge in [0.1, 0.15) is 6.10 Å². The van der Waals surface area contributed by atoms with Gasteiger partial charge in [-0.3, -0.25) is 4.55 Å². The van der Waals surface area contributed by atoms with Crippen LogP contribution in [0.15, 0.2) is 23.1 Å². The van der Waals surface area contributed by atoms with Crippen LogP contribution in [0.2, 0.25) is 0 Å². The van der Waals surface area contributed by atoms with Crippen LogP contribution >= 0.6 is 0 Å². The zero-order chi connectivity index (χ0) is 17.3. The van der Waals surface area contributed by atoms with Crippen LogP contribution in [0.4, 0.5) is 0 Å². The molecule has 7 nitrogen and oxygen atoms in total. The van der Waals surface area contributed by atoms with E-state index in [9.17, 15) is 18.0 Å². The summed E-state index contributed by atoms with van der Waals surface area (Å²) >= 11 is 0. The molecule has 0 aliphatic rings. The third-order valence-corrected chi connectivity index (χ3v) is 4.02. The van der Waals surface area contributed by atoms with E-state index < -0.39 is 38.6 Å². The monoisotopic (exact) mass is 470 g/mol. The third-order valence-electron chi connectivity index (χ3n) is 3.19. The van der Waals surface area contributed by atoms with E-state index in [1.807, 2.05) is 20.8 Å². The van der Waals surface area contributed by atoms with Crippen molar-refractivity contribution in [2.45, 2.75) is 38.7 Å². The van der Waals surface area contributed by atoms with Gasteiger partial charge < -0.3 is 12.7 Å². The quantitative estimate of drug-likeness (QED) is 0.394. The number of carboxylic acid groups (broad SMARTS) is 1. The summed E-state index contributed by atoms with van der Waals surface area (Å²) in [5, 5.41) is 8.96. The van der Waals surface area contributed by atoms with Gasteiger partial charge in [0.05, 0.1) is 16.0 Å². The third kappa shape index (κ3) is 6.57. The molecule has 0 saturated heterocycles. The fourth-order valence-corrected chi connectivity index (χ4v) is 1.95. The molecule has 0 aliphatic carbocycles. The summed E-state index contributed by atoms with van der Waals surface area (Å²) in [5.74, 6) is -2.29. The Kier molecular flexibility index (Phi) is 8.02. The van der Waals surface area contributed by atoms with Gasteiger partial charge in [-0.1, -0.05) is 20.8 Å². The number of esters is 1. The number of carbonyl (C=O) groups excluding carboxylic acids is 1. The second-order valence-electron chi connectivity index (χ2n) is 5.94. The van der Waals surface area contributed by atoms with Crippen LogP contribution in [0.5, 0.6) is 0 Å². The van der Waals surface area contributed by atoms with Gasteiger partial charge in [0.2, 0.25) is 0 Å². The molecule has 9 heteroatoms. The maximum absolute atomic E-state index is 12.1. The average Bonchev–Trinajstić information content (AvgIpc) is 2.35. The fourth-order valence-electron chi connectivity index (χ4n) is 1.39. The summed E-state index contributed by atoms with van der Waals surface area (Å²) in [6.07, 6.45) is -0.484. The van der Waals surface area contributed by atoms with E-state index in [1.54, 1.807) is 6.92 Å². The summed E-state index contributed by atoms with van der Waals surface area (Å²) in [6.45, 7) is 7.22. The van der Waals surface area contributed by atoms with Crippen LogP contribution < -0.4 is 0 Å². The van der Waals surface area contributed by atoms with Crippen molar-refractivity contribution in [3.8, 4) is 0 Å². The standard InChI is InChI=1S/C14H18O7S.Ba.2H/c1-8(14(2,3)4)21-13(17)10-5-9(12(15)16)6-11(7-10)22(18,19)20;;;/h5-8H,1-4H3,(H,15,16)(H,18,19,20);;;/q;+2;2*-1. The van der Waals surface area contributed by atoms with Gasteiger partial charge in [-0.05, 0) is 30.5 Å². The first kappa shape index (κ1) is 22.6. The van der Waals surface area contributed by atoms with Crippen LogP contribution in [0.3, 0.4) is 0 Å². The van der Waals surface area contributed by atoms with E-state index in [0.717, 1.165) is 18.2 Å². The molecule has 0 amide bonds. The van der Waals surface area contributed by atoms with Crippen molar-refractivity contribution in [3.05, 3.63) is 29.3 Å². The first-order chi connectivity index (χ1) is 9.82. The summed E-state index contributed by atoms with van der Waals surface area (Å²) in [6, 6.07) is 2.63. The molecule has 1 unspecified atom stereocenters. The van der Waals surface area contributed by atoms with Crippen LogP contribution in [0.25, 0.3) is 0 Å². The van der Waals surface area contributed by atoms with Gasteiger partial charge in [-0.2, -0.15) is 8.42 Å². The molecular formula is C14H20BaO7S. The molecule has 0 heterocycles. The van der Waals surface area contributed by atoms with Crippen molar-refractivity contribution in [2.24, 2.45) is 5.41 Å². The van der Waals surface area contributed by atoms with Crippen molar-refractivity contribution in [3.63, 3.8) is 0 Å². The Morgan fingerprint density at radius 1 is 1.17 bits per heavy atom. The number of carboxylic acids is 1. The number of hydrogen-bond acceptors (Lipinski definition) is 5. The zero-order valence-corrected chi connectivity index (χ0v) is 18.6. The van der Waals surface area contributed by atoms with Crippen LogP contribution in [0, 0.1) is 5.41 Å². The molecule has 0 fully saturated rings. The predicted molar refractivity (Wildman–Crippen MR) is 85.5 cm³/mol. The van der Waals surface area contributed by atoms with Crippen LogP contribution in [-0.4, -0.2) is 85.0 Å². The molecule has 1 atom stereocenters. The van der Waals surface area contributed by atoms with Gasteiger partial charge in [-0.25, -0.2) is 9.59 Å². The predicted octanol–water partition coefficient (Wildman–Crippen LogP) is 2.07. The summed E-state index contributed by atoms with van der Waals surface area (Å²) in [7, 11) is -4.64. The normalized spacial score (nSPS) is 12.9. The van der Waals surface area contributed by atoms with E-state index in [1.165, 1.54) is 0 Å². The number of aromatic carboxylic acids is 1. The van der Waals surface area contributed by atoms with Gasteiger partial charge in [-0.15, -0.1) is 0 Å². The van der Waals surface area contributed by atoms with E-state index in [0.29, 0.717) is 0 Å². The molecule has 126 valence electrons. The molecule has 2 N–H and O–H groups in total. The van der Waals surface area contributed by atoms with Crippen molar-refractivity contribution in [1.29, 1.82) is 0 Å². The SMILES string of the molecule is CC(OC(=O)c1cc(C(=O)O)cc(S(=O)(=O)O)c1)C(C)(C)C.[Ba+2].[H-].[H-]. The maximum atomic E-state index is 12.1. The first-order valence-electron chi connectivity index (χ1n) is 6.39.